The highest BCUT2D eigenvalue weighted by molar-refractivity contribution is 9.10. The van der Waals surface area contributed by atoms with Gasteiger partial charge in [0, 0.05) is 26.6 Å². The fraction of sp³-hybridized carbons (Fsp3) is 0.216. The van der Waals surface area contributed by atoms with Crippen molar-refractivity contribution in [2.24, 2.45) is 0 Å². The molecule has 1 unspecified atom stereocenters. The summed E-state index contributed by atoms with van der Waals surface area (Å²) in [5.41, 5.74) is 6.86. The topological polar surface area (TPSA) is 90.3 Å². The second kappa shape index (κ2) is 14.9. The molecule has 1 amide bonds. The number of ether oxygens (including phenoxy) is 2. The summed E-state index contributed by atoms with van der Waals surface area (Å²) < 4.78 is 15.1. The van der Waals surface area contributed by atoms with Crippen molar-refractivity contribution in [1.82, 2.24) is 14.8 Å². The Morgan fingerprint density at radius 3 is 2.54 bits per heavy atom. The molecule has 4 aromatic carbocycles. The van der Waals surface area contributed by atoms with Gasteiger partial charge >= 0.3 is 0 Å². The van der Waals surface area contributed by atoms with E-state index in [4.69, 9.17) is 31.2 Å². The second-order valence-corrected chi connectivity index (χ2v) is 13.7. The van der Waals surface area contributed by atoms with Gasteiger partial charge in [0.2, 0.25) is 11.1 Å². The lowest BCUT2D eigenvalue weighted by molar-refractivity contribution is -0.113. The van der Waals surface area contributed by atoms with Gasteiger partial charge in [0.05, 0.1) is 12.2 Å². The Morgan fingerprint density at radius 1 is 1.00 bits per heavy atom. The maximum Gasteiger partial charge on any atom is 0.255 e. The molecule has 0 bridgehead atoms. The van der Waals surface area contributed by atoms with Crippen molar-refractivity contribution in [2.75, 3.05) is 17.2 Å². The van der Waals surface area contributed by atoms with Crippen LogP contribution in [-0.4, -0.2) is 27.3 Å². The lowest BCUT2D eigenvalue weighted by Gasteiger charge is -2.29. The van der Waals surface area contributed by atoms with E-state index < -0.39 is 6.04 Å². The summed E-state index contributed by atoms with van der Waals surface area (Å²) >= 11 is 11.4. The molecule has 1 aromatic heterocycles. The van der Waals surface area contributed by atoms with Crippen LogP contribution in [0.4, 0.5) is 11.6 Å². The van der Waals surface area contributed by atoms with Crippen LogP contribution in [-0.2, 0) is 17.2 Å². The summed E-state index contributed by atoms with van der Waals surface area (Å²) in [5.74, 6) is 2.08. The van der Waals surface area contributed by atoms with E-state index in [9.17, 15) is 4.79 Å². The maximum absolute atomic E-state index is 14.2. The number of rotatable bonds is 11. The van der Waals surface area contributed by atoms with Crippen LogP contribution in [0.2, 0.25) is 5.02 Å². The quantitative estimate of drug-likeness (QED) is 0.130. The first kappa shape index (κ1) is 33.6. The lowest BCUT2D eigenvalue weighted by Crippen LogP contribution is -2.31. The summed E-state index contributed by atoms with van der Waals surface area (Å²) in [6.07, 6.45) is 0. The standard InChI is InChI=1S/C37H35BrClN5O3S/c1-5-46-32-19-26(13-17-31(32)47-20-25-11-14-28(38)15-12-25)34-33(35(45)41-30-16-10-22(2)18-23(30)3)24(4)40-36-42-37(43-44(34)36)48-21-27-8-6-7-9-29(27)39/h6-19,34H,5,20-21H2,1-4H3,(H,41,45)(H,40,42,43). The third kappa shape index (κ3) is 7.56. The van der Waals surface area contributed by atoms with Gasteiger partial charge in [0.15, 0.2) is 11.5 Å². The maximum atomic E-state index is 14.2. The Labute approximate surface area is 298 Å². The zero-order chi connectivity index (χ0) is 33.8. The fourth-order valence-electron chi connectivity index (χ4n) is 5.52. The van der Waals surface area contributed by atoms with Crippen molar-refractivity contribution in [3.63, 3.8) is 0 Å². The van der Waals surface area contributed by atoms with E-state index in [-0.39, 0.29) is 5.91 Å². The summed E-state index contributed by atoms with van der Waals surface area (Å²) in [6, 6.07) is 26.8. The molecule has 6 rings (SSSR count). The van der Waals surface area contributed by atoms with Crippen LogP contribution in [0.25, 0.3) is 0 Å². The molecule has 0 saturated carbocycles. The van der Waals surface area contributed by atoms with Crippen molar-refractivity contribution in [3.05, 3.63) is 134 Å². The summed E-state index contributed by atoms with van der Waals surface area (Å²) in [7, 11) is 0. The Hall–Kier alpha value is -4.25. The molecule has 48 heavy (non-hydrogen) atoms. The fourth-order valence-corrected chi connectivity index (χ4v) is 6.90. The molecule has 0 fully saturated rings. The van der Waals surface area contributed by atoms with Gasteiger partial charge in [0.25, 0.3) is 5.91 Å². The second-order valence-electron chi connectivity index (χ2n) is 11.4. The number of aromatic nitrogens is 3. The van der Waals surface area contributed by atoms with Crippen LogP contribution >= 0.6 is 39.3 Å². The number of fused-ring (bicyclic) bond motifs is 1. The number of amides is 1. The lowest BCUT2D eigenvalue weighted by atomic mass is 9.94. The Kier molecular flexibility index (Phi) is 10.4. The third-order valence-electron chi connectivity index (χ3n) is 7.91. The van der Waals surface area contributed by atoms with Gasteiger partial charge in [-0.3, -0.25) is 4.79 Å². The van der Waals surface area contributed by atoms with Crippen molar-refractivity contribution in [3.8, 4) is 11.5 Å². The molecular weight excluding hydrogens is 710 g/mol. The SMILES string of the molecule is CCOc1cc(C2C(C(=O)Nc3ccc(C)cc3C)=C(C)Nc3nc(SCc4ccccc4Cl)nn32)ccc1OCc1ccc(Br)cc1. The number of thioether (sulfide) groups is 1. The number of nitrogens with zero attached hydrogens (tertiary/aromatic N) is 3. The molecule has 0 radical (unpaired) electrons. The van der Waals surface area contributed by atoms with Gasteiger partial charge in [0.1, 0.15) is 12.6 Å². The first-order valence-corrected chi connectivity index (χ1v) is 17.7. The Morgan fingerprint density at radius 2 is 1.79 bits per heavy atom. The molecule has 5 aromatic rings. The molecule has 11 heteroatoms. The van der Waals surface area contributed by atoms with Crippen LogP contribution in [0.5, 0.6) is 11.5 Å². The van der Waals surface area contributed by atoms with Gasteiger partial charge < -0.3 is 20.1 Å². The number of nitrogens with one attached hydrogen (secondary N) is 2. The normalized spacial score (nSPS) is 13.9. The first-order valence-electron chi connectivity index (χ1n) is 15.5. The van der Waals surface area contributed by atoms with E-state index in [0.29, 0.717) is 57.9 Å². The van der Waals surface area contributed by atoms with E-state index >= 15 is 0 Å². The number of allylic oxidation sites excluding steroid dienone is 1. The van der Waals surface area contributed by atoms with Crippen LogP contribution in [0.3, 0.4) is 0 Å². The molecule has 8 nitrogen and oxygen atoms in total. The molecule has 1 aliphatic heterocycles. The molecule has 0 aliphatic carbocycles. The average molecular weight is 745 g/mol. The number of aryl methyl sites for hydroxylation is 2. The monoisotopic (exact) mass is 743 g/mol. The van der Waals surface area contributed by atoms with E-state index in [2.05, 4.69) is 26.6 Å². The molecular formula is C37H35BrClN5O3S. The predicted molar refractivity (Wildman–Crippen MR) is 196 cm³/mol. The molecule has 0 saturated heterocycles. The van der Waals surface area contributed by atoms with Crippen molar-refractivity contribution in [1.29, 1.82) is 0 Å². The minimum atomic E-state index is -0.603. The molecule has 2 heterocycles. The average Bonchev–Trinajstić information content (AvgIpc) is 3.47. The van der Waals surface area contributed by atoms with Crippen LogP contribution in [0.15, 0.2) is 106 Å². The summed E-state index contributed by atoms with van der Waals surface area (Å²) in [4.78, 5) is 19.0. The Balaban J connectivity index is 1.36. The highest BCUT2D eigenvalue weighted by atomic mass is 79.9. The summed E-state index contributed by atoms with van der Waals surface area (Å²) in [5, 5.41) is 12.6. The summed E-state index contributed by atoms with van der Waals surface area (Å²) in [6.45, 7) is 8.65. The molecule has 0 spiro atoms. The van der Waals surface area contributed by atoms with Gasteiger partial charge in [-0.2, -0.15) is 4.98 Å². The smallest absolute Gasteiger partial charge is 0.255 e. The van der Waals surface area contributed by atoms with Crippen LogP contribution < -0.4 is 20.1 Å². The van der Waals surface area contributed by atoms with Crippen molar-refractivity contribution < 1.29 is 14.3 Å². The first-order chi connectivity index (χ1) is 23.2. The number of hydrogen-bond acceptors (Lipinski definition) is 7. The number of benzene rings is 4. The van der Waals surface area contributed by atoms with Gasteiger partial charge in [-0.15, -0.1) is 5.10 Å². The zero-order valence-corrected chi connectivity index (χ0v) is 30.2. The molecule has 1 atom stereocenters. The van der Waals surface area contributed by atoms with Crippen molar-refractivity contribution in [2.45, 2.75) is 51.3 Å². The van der Waals surface area contributed by atoms with Gasteiger partial charge in [-0.25, -0.2) is 4.68 Å². The highest BCUT2D eigenvalue weighted by Crippen LogP contribution is 2.40. The largest absolute Gasteiger partial charge is 0.490 e. The number of anilines is 2. The molecule has 2 N–H and O–H groups in total. The van der Waals surface area contributed by atoms with E-state index in [1.807, 2.05) is 113 Å². The third-order valence-corrected chi connectivity index (χ3v) is 9.70. The van der Waals surface area contributed by atoms with Gasteiger partial charge in [-0.1, -0.05) is 93.4 Å². The Bertz CT molecular complexity index is 2000. The minimum absolute atomic E-state index is 0.239. The van der Waals surface area contributed by atoms with Crippen molar-refractivity contribution >= 4 is 56.8 Å². The highest BCUT2D eigenvalue weighted by Gasteiger charge is 2.35. The van der Waals surface area contributed by atoms with Gasteiger partial charge in [-0.05, 0) is 86.3 Å². The number of hydrogen-bond donors (Lipinski definition) is 2. The van der Waals surface area contributed by atoms with Crippen LogP contribution in [0, 0.1) is 13.8 Å². The minimum Gasteiger partial charge on any atom is -0.490 e. The number of carbonyl (C=O) groups is 1. The number of carbonyl (C=O) groups excluding carboxylic acids is 1. The molecule has 1 aliphatic rings. The zero-order valence-electron chi connectivity index (χ0n) is 27.0. The number of halogens is 2. The van der Waals surface area contributed by atoms with E-state index in [0.717, 1.165) is 38.0 Å². The van der Waals surface area contributed by atoms with E-state index in [1.165, 1.54) is 11.8 Å². The van der Waals surface area contributed by atoms with E-state index in [1.54, 1.807) is 4.68 Å². The molecule has 246 valence electrons. The van der Waals surface area contributed by atoms with Crippen LogP contribution in [0.1, 0.15) is 47.7 Å². The predicted octanol–water partition coefficient (Wildman–Crippen LogP) is 9.51.